The maximum absolute atomic E-state index is 14.2. The number of hydrogen-bond acceptors (Lipinski definition) is 5. The van der Waals surface area contributed by atoms with Crippen molar-refractivity contribution in [3.8, 4) is 17.2 Å². The number of nitrogens with one attached hydrogen (secondary N) is 2. The lowest BCUT2D eigenvalue weighted by molar-refractivity contribution is 0.0966. The van der Waals surface area contributed by atoms with Crippen molar-refractivity contribution in [1.82, 2.24) is 10.3 Å². The Morgan fingerprint density at radius 3 is 2.38 bits per heavy atom. The van der Waals surface area contributed by atoms with Crippen LogP contribution in [0.1, 0.15) is 10.4 Å². The van der Waals surface area contributed by atoms with Crippen LogP contribution in [0.5, 0.6) is 5.75 Å². The van der Waals surface area contributed by atoms with E-state index in [0.717, 1.165) is 7.11 Å². The molecule has 34 heavy (non-hydrogen) atoms. The van der Waals surface area contributed by atoms with Gasteiger partial charge in [-0.15, -0.1) is 0 Å². The highest BCUT2D eigenvalue weighted by atomic mass is 35.5. The summed E-state index contributed by atoms with van der Waals surface area (Å²) in [4.78, 5) is 16.7. The molecule has 0 radical (unpaired) electrons. The van der Waals surface area contributed by atoms with Crippen LogP contribution < -0.4 is 15.4 Å². The quantitative estimate of drug-likeness (QED) is 0.204. The van der Waals surface area contributed by atoms with Gasteiger partial charge in [-0.05, 0) is 42.5 Å². The van der Waals surface area contributed by atoms with E-state index >= 15 is 0 Å². The number of oxazole rings is 1. The number of methoxy groups -OCH3 is 1. The second-order valence-corrected chi connectivity index (χ2v) is 7.57. The molecule has 174 valence electrons. The Labute approximate surface area is 199 Å². The third-order valence-corrected chi connectivity index (χ3v) is 5.16. The van der Waals surface area contributed by atoms with Gasteiger partial charge in [0, 0.05) is 5.69 Å². The molecule has 0 spiro atoms. The maximum atomic E-state index is 14.2. The SMILES string of the molecule is COc1c(F)c(F)c(C(=O)NC(=S)Nc2ccc(Cl)c(-c3nc4ccccc4o3)c2)c(F)c1F. The van der Waals surface area contributed by atoms with E-state index < -0.39 is 45.6 Å². The van der Waals surface area contributed by atoms with E-state index in [9.17, 15) is 22.4 Å². The molecule has 0 atom stereocenters. The van der Waals surface area contributed by atoms with Gasteiger partial charge in [0.1, 0.15) is 11.1 Å². The monoisotopic (exact) mass is 509 g/mol. The molecule has 0 aliphatic heterocycles. The molecule has 0 aliphatic carbocycles. The molecular weight excluding hydrogens is 498 g/mol. The molecule has 1 amide bonds. The summed E-state index contributed by atoms with van der Waals surface area (Å²) < 4.78 is 66.1. The Bertz CT molecular complexity index is 1400. The van der Waals surface area contributed by atoms with Gasteiger partial charge in [-0.2, -0.15) is 8.78 Å². The highest BCUT2D eigenvalue weighted by Gasteiger charge is 2.30. The van der Waals surface area contributed by atoms with E-state index in [1.165, 1.54) is 18.2 Å². The van der Waals surface area contributed by atoms with Gasteiger partial charge in [-0.25, -0.2) is 13.8 Å². The number of ether oxygens (including phenoxy) is 1. The summed E-state index contributed by atoms with van der Waals surface area (Å²) in [6.45, 7) is 0. The Hall–Kier alpha value is -3.70. The average Bonchev–Trinajstić information content (AvgIpc) is 3.23. The molecule has 3 aromatic carbocycles. The predicted octanol–water partition coefficient (Wildman–Crippen LogP) is 5.84. The van der Waals surface area contributed by atoms with Gasteiger partial charge in [-0.3, -0.25) is 10.1 Å². The van der Waals surface area contributed by atoms with Crippen LogP contribution >= 0.6 is 23.8 Å². The molecule has 0 unspecified atom stereocenters. The van der Waals surface area contributed by atoms with E-state index in [2.05, 4.69) is 15.0 Å². The fourth-order valence-corrected chi connectivity index (χ4v) is 3.48. The number of fused-ring (bicyclic) bond motifs is 1. The fourth-order valence-electron chi connectivity index (χ4n) is 3.07. The van der Waals surface area contributed by atoms with Crippen molar-refractivity contribution < 1.29 is 31.5 Å². The summed E-state index contributed by atoms with van der Waals surface area (Å²) in [6, 6.07) is 11.6. The second-order valence-electron chi connectivity index (χ2n) is 6.75. The summed E-state index contributed by atoms with van der Waals surface area (Å²) in [6.07, 6.45) is 0. The molecule has 0 aliphatic rings. The van der Waals surface area contributed by atoms with Gasteiger partial charge in [0.2, 0.25) is 17.5 Å². The number of thiocarbonyl (C=S) groups is 1. The Morgan fingerprint density at radius 1 is 1.06 bits per heavy atom. The Kier molecular flexibility index (Phi) is 6.40. The molecular formula is C22H12ClF4N3O3S. The third-order valence-electron chi connectivity index (χ3n) is 4.63. The van der Waals surface area contributed by atoms with Crippen molar-refractivity contribution in [3.63, 3.8) is 0 Å². The van der Waals surface area contributed by atoms with E-state index in [4.69, 9.17) is 28.2 Å². The smallest absolute Gasteiger partial charge is 0.263 e. The van der Waals surface area contributed by atoms with E-state index in [1.54, 1.807) is 24.3 Å². The Morgan fingerprint density at radius 2 is 1.74 bits per heavy atom. The molecule has 12 heteroatoms. The summed E-state index contributed by atoms with van der Waals surface area (Å²) >= 11 is 11.2. The summed E-state index contributed by atoms with van der Waals surface area (Å²) in [5, 5.41) is 4.48. The van der Waals surface area contributed by atoms with Crippen molar-refractivity contribution in [2.45, 2.75) is 0 Å². The molecule has 1 heterocycles. The minimum atomic E-state index is -1.93. The maximum Gasteiger partial charge on any atom is 0.263 e. The van der Waals surface area contributed by atoms with E-state index in [1.807, 2.05) is 5.32 Å². The molecule has 4 aromatic rings. The normalized spacial score (nSPS) is 10.9. The highest BCUT2D eigenvalue weighted by molar-refractivity contribution is 7.80. The van der Waals surface area contributed by atoms with Crippen LogP contribution in [0.2, 0.25) is 5.02 Å². The van der Waals surface area contributed by atoms with Gasteiger partial charge in [0.15, 0.2) is 28.1 Å². The lowest BCUT2D eigenvalue weighted by Crippen LogP contribution is -2.35. The summed E-state index contributed by atoms with van der Waals surface area (Å²) in [5.74, 6) is -10.2. The van der Waals surface area contributed by atoms with Crippen LogP contribution in [-0.2, 0) is 0 Å². The standard InChI is InChI=1S/C22H12ClF4N3O3S/c1-32-19-17(26)15(24)14(16(25)18(19)27)20(31)30-22(34)28-9-6-7-11(23)10(8-9)21-29-12-4-2-3-5-13(12)33-21/h2-8H,1H3,(H2,28,30,31,34). The molecule has 0 bridgehead atoms. The van der Waals surface area contributed by atoms with E-state index in [0.29, 0.717) is 27.4 Å². The minimum absolute atomic E-state index is 0.220. The number of carbonyl (C=O) groups excluding carboxylic acids is 1. The first kappa shape index (κ1) is 23.5. The van der Waals surface area contributed by atoms with Crippen LogP contribution in [0, 0.1) is 23.3 Å². The van der Waals surface area contributed by atoms with Gasteiger partial charge >= 0.3 is 0 Å². The lowest BCUT2D eigenvalue weighted by atomic mass is 10.1. The number of carbonyl (C=O) groups is 1. The molecule has 6 nitrogen and oxygen atoms in total. The molecule has 0 saturated carbocycles. The van der Waals surface area contributed by atoms with Gasteiger partial charge < -0.3 is 14.5 Å². The van der Waals surface area contributed by atoms with Gasteiger partial charge in [0.05, 0.1) is 17.7 Å². The number of nitrogens with zero attached hydrogens (tertiary/aromatic N) is 1. The van der Waals surface area contributed by atoms with Crippen LogP contribution in [0.4, 0.5) is 23.2 Å². The first-order valence-electron chi connectivity index (χ1n) is 9.39. The number of halogens is 5. The van der Waals surface area contributed by atoms with Crippen molar-refractivity contribution in [3.05, 3.63) is 76.3 Å². The van der Waals surface area contributed by atoms with Crippen LogP contribution in [0.15, 0.2) is 46.9 Å². The van der Waals surface area contributed by atoms with Crippen LogP contribution in [-0.4, -0.2) is 23.1 Å². The minimum Gasteiger partial charge on any atom is -0.491 e. The van der Waals surface area contributed by atoms with Crippen LogP contribution in [0.25, 0.3) is 22.6 Å². The number of amides is 1. The van der Waals surface area contributed by atoms with Crippen molar-refractivity contribution in [1.29, 1.82) is 0 Å². The second kappa shape index (κ2) is 9.27. The average molecular weight is 510 g/mol. The lowest BCUT2D eigenvalue weighted by Gasteiger charge is -2.13. The number of benzene rings is 3. The van der Waals surface area contributed by atoms with E-state index in [-0.39, 0.29) is 5.89 Å². The first-order valence-corrected chi connectivity index (χ1v) is 10.2. The largest absolute Gasteiger partial charge is 0.491 e. The first-order chi connectivity index (χ1) is 16.2. The summed E-state index contributed by atoms with van der Waals surface area (Å²) in [5.41, 5.74) is 0.354. The topological polar surface area (TPSA) is 76.4 Å². The molecule has 1 aromatic heterocycles. The molecule has 0 saturated heterocycles. The van der Waals surface area contributed by atoms with Crippen molar-refractivity contribution >= 4 is 51.6 Å². The number of rotatable bonds is 4. The number of para-hydroxylation sites is 2. The predicted molar refractivity (Wildman–Crippen MR) is 121 cm³/mol. The number of aromatic nitrogens is 1. The van der Waals surface area contributed by atoms with Gasteiger partial charge in [0.25, 0.3) is 5.91 Å². The number of anilines is 1. The highest BCUT2D eigenvalue weighted by Crippen LogP contribution is 2.32. The zero-order valence-electron chi connectivity index (χ0n) is 17.0. The van der Waals surface area contributed by atoms with Gasteiger partial charge in [-0.1, -0.05) is 23.7 Å². The zero-order valence-corrected chi connectivity index (χ0v) is 18.6. The molecule has 4 rings (SSSR count). The van der Waals surface area contributed by atoms with Crippen molar-refractivity contribution in [2.24, 2.45) is 0 Å². The summed E-state index contributed by atoms with van der Waals surface area (Å²) in [7, 11) is 0.820. The molecule has 0 fully saturated rings. The zero-order chi connectivity index (χ0) is 24.6. The molecule has 2 N–H and O–H groups in total. The van der Waals surface area contributed by atoms with Crippen LogP contribution in [0.3, 0.4) is 0 Å². The van der Waals surface area contributed by atoms with Crippen molar-refractivity contribution in [2.75, 3.05) is 12.4 Å². The Balaban J connectivity index is 1.56. The third kappa shape index (κ3) is 4.27. The number of hydrogen-bond donors (Lipinski definition) is 2. The fraction of sp³-hybridized carbons (Fsp3) is 0.0455.